The zero-order valence-corrected chi connectivity index (χ0v) is 18.4. The van der Waals surface area contributed by atoms with E-state index >= 15 is 0 Å². The van der Waals surface area contributed by atoms with Gasteiger partial charge in [-0.05, 0) is 54.5 Å². The highest BCUT2D eigenvalue weighted by molar-refractivity contribution is 7.16. The molecule has 0 aliphatic heterocycles. The maximum absolute atomic E-state index is 12.5. The summed E-state index contributed by atoms with van der Waals surface area (Å²) in [6, 6.07) is 17.3. The fraction of sp³-hybridized carbons (Fsp3) is 0.200. The monoisotopic (exact) mass is 457 g/mol. The molecule has 2 aromatic carbocycles. The number of esters is 1. The standard InChI is InChI=1S/C25H19N3O4S/c26-12-19-18-8-6-16(15-4-2-1-3-5-15)11-22(18)33-24(19)28-23(29)13-31-25(30)17-7-9-20-21(10-17)32-14-27-20/h1-5,7,9-10,14,16H,6,8,11,13H2,(H,28,29). The quantitative estimate of drug-likeness (QED) is 0.431. The van der Waals surface area contributed by atoms with Crippen molar-refractivity contribution in [2.45, 2.75) is 25.2 Å². The summed E-state index contributed by atoms with van der Waals surface area (Å²) in [5.41, 5.74) is 4.17. The second-order valence-corrected chi connectivity index (χ2v) is 8.93. The highest BCUT2D eigenvalue weighted by atomic mass is 32.1. The SMILES string of the molecule is N#Cc1c(NC(=O)COC(=O)c2ccc3ncoc3c2)sc2c1CCC(c1ccccc1)C2. The van der Waals surface area contributed by atoms with Crippen molar-refractivity contribution in [2.75, 3.05) is 11.9 Å². The first kappa shape index (κ1) is 20.9. The van der Waals surface area contributed by atoms with Gasteiger partial charge in [0.25, 0.3) is 5.91 Å². The summed E-state index contributed by atoms with van der Waals surface area (Å²) in [7, 11) is 0. The Hall–Kier alpha value is -3.96. The molecule has 2 heterocycles. The van der Waals surface area contributed by atoms with Crippen molar-refractivity contribution in [3.8, 4) is 6.07 Å². The molecule has 4 aromatic rings. The molecule has 2 aromatic heterocycles. The van der Waals surface area contributed by atoms with Crippen LogP contribution in [0.2, 0.25) is 0 Å². The van der Waals surface area contributed by atoms with Gasteiger partial charge in [0, 0.05) is 4.88 Å². The van der Waals surface area contributed by atoms with Crippen LogP contribution >= 0.6 is 11.3 Å². The van der Waals surface area contributed by atoms with Crippen molar-refractivity contribution in [2.24, 2.45) is 0 Å². The Balaban J connectivity index is 1.24. The number of aromatic nitrogens is 1. The van der Waals surface area contributed by atoms with Crippen LogP contribution in [-0.2, 0) is 22.4 Å². The summed E-state index contributed by atoms with van der Waals surface area (Å²) in [6.07, 6.45) is 3.89. The lowest BCUT2D eigenvalue weighted by Gasteiger charge is -2.22. The van der Waals surface area contributed by atoms with E-state index < -0.39 is 18.5 Å². The summed E-state index contributed by atoms with van der Waals surface area (Å²) >= 11 is 1.43. The van der Waals surface area contributed by atoms with Crippen molar-refractivity contribution in [1.29, 1.82) is 5.26 Å². The molecular weight excluding hydrogens is 438 g/mol. The number of oxazole rings is 1. The number of anilines is 1. The highest BCUT2D eigenvalue weighted by Crippen LogP contribution is 2.42. The summed E-state index contributed by atoms with van der Waals surface area (Å²) < 4.78 is 10.3. The Bertz CT molecular complexity index is 1380. The number of nitrogens with one attached hydrogen (secondary N) is 1. The third kappa shape index (κ3) is 4.23. The summed E-state index contributed by atoms with van der Waals surface area (Å²) in [5.74, 6) is -0.728. The van der Waals surface area contributed by atoms with E-state index in [2.05, 4.69) is 28.5 Å². The lowest BCUT2D eigenvalue weighted by atomic mass is 9.83. The van der Waals surface area contributed by atoms with Gasteiger partial charge < -0.3 is 14.5 Å². The highest BCUT2D eigenvalue weighted by Gasteiger charge is 2.27. The first-order valence-electron chi connectivity index (χ1n) is 10.5. The van der Waals surface area contributed by atoms with Crippen molar-refractivity contribution in [3.63, 3.8) is 0 Å². The van der Waals surface area contributed by atoms with Crippen LogP contribution in [0, 0.1) is 11.3 Å². The molecule has 1 aliphatic carbocycles. The molecule has 33 heavy (non-hydrogen) atoms. The van der Waals surface area contributed by atoms with Crippen LogP contribution in [0.15, 0.2) is 59.3 Å². The van der Waals surface area contributed by atoms with Gasteiger partial charge in [0.05, 0.1) is 11.1 Å². The lowest BCUT2D eigenvalue weighted by Crippen LogP contribution is -2.20. The van der Waals surface area contributed by atoms with Crippen LogP contribution in [0.1, 0.15) is 44.3 Å². The molecule has 0 saturated heterocycles. The van der Waals surface area contributed by atoms with Crippen molar-refractivity contribution < 1.29 is 18.7 Å². The normalized spacial score (nSPS) is 14.9. The van der Waals surface area contributed by atoms with E-state index in [4.69, 9.17) is 9.15 Å². The lowest BCUT2D eigenvalue weighted by molar-refractivity contribution is -0.119. The maximum atomic E-state index is 12.5. The maximum Gasteiger partial charge on any atom is 0.338 e. The number of fused-ring (bicyclic) bond motifs is 2. The average Bonchev–Trinajstić information content (AvgIpc) is 3.45. The number of nitrogens with zero attached hydrogens (tertiary/aromatic N) is 2. The summed E-state index contributed by atoms with van der Waals surface area (Å²) in [5, 5.41) is 13.0. The largest absolute Gasteiger partial charge is 0.452 e. The van der Waals surface area contributed by atoms with Crippen LogP contribution in [-0.4, -0.2) is 23.5 Å². The first-order chi connectivity index (χ1) is 16.1. The van der Waals surface area contributed by atoms with Crippen molar-refractivity contribution >= 4 is 39.3 Å². The topological polar surface area (TPSA) is 105 Å². The van der Waals surface area contributed by atoms with Gasteiger partial charge in [0.15, 0.2) is 18.6 Å². The van der Waals surface area contributed by atoms with E-state index in [0.717, 1.165) is 29.7 Å². The fourth-order valence-electron chi connectivity index (χ4n) is 4.16. The summed E-state index contributed by atoms with van der Waals surface area (Å²) in [6.45, 7) is -0.451. The smallest absolute Gasteiger partial charge is 0.338 e. The molecule has 1 aliphatic rings. The first-order valence-corrected chi connectivity index (χ1v) is 11.3. The van der Waals surface area contributed by atoms with E-state index in [1.54, 1.807) is 12.1 Å². The molecule has 5 rings (SSSR count). The Kier molecular flexibility index (Phi) is 5.63. The van der Waals surface area contributed by atoms with Gasteiger partial charge in [-0.3, -0.25) is 4.79 Å². The number of hydrogen-bond acceptors (Lipinski definition) is 7. The number of nitriles is 1. The molecule has 8 heteroatoms. The van der Waals surface area contributed by atoms with Gasteiger partial charge >= 0.3 is 5.97 Å². The van der Waals surface area contributed by atoms with Gasteiger partial charge in [0.2, 0.25) is 0 Å². The molecule has 0 radical (unpaired) electrons. The number of ether oxygens (including phenoxy) is 1. The molecule has 1 N–H and O–H groups in total. The third-order valence-electron chi connectivity index (χ3n) is 5.80. The molecule has 164 valence electrons. The van der Waals surface area contributed by atoms with Crippen LogP contribution in [0.4, 0.5) is 5.00 Å². The van der Waals surface area contributed by atoms with Crippen molar-refractivity contribution in [1.82, 2.24) is 4.98 Å². The van der Waals surface area contributed by atoms with E-state index in [0.29, 0.717) is 27.6 Å². The van der Waals surface area contributed by atoms with E-state index in [1.807, 2.05) is 18.2 Å². The minimum atomic E-state index is -0.639. The Morgan fingerprint density at radius 3 is 2.91 bits per heavy atom. The van der Waals surface area contributed by atoms with Crippen LogP contribution in [0.5, 0.6) is 0 Å². The molecule has 7 nitrogen and oxygen atoms in total. The second-order valence-electron chi connectivity index (χ2n) is 7.83. The third-order valence-corrected chi connectivity index (χ3v) is 6.97. The van der Waals surface area contributed by atoms with E-state index in [1.165, 1.54) is 29.4 Å². The molecule has 1 amide bonds. The number of hydrogen-bond donors (Lipinski definition) is 1. The second kappa shape index (κ2) is 8.88. The molecule has 1 unspecified atom stereocenters. The predicted octanol–water partition coefficient (Wildman–Crippen LogP) is 4.83. The zero-order chi connectivity index (χ0) is 22.8. The van der Waals surface area contributed by atoms with Gasteiger partial charge in [-0.25, -0.2) is 9.78 Å². The predicted molar refractivity (Wildman–Crippen MR) is 123 cm³/mol. The number of rotatable bonds is 5. The van der Waals surface area contributed by atoms with Crippen LogP contribution in [0.25, 0.3) is 11.1 Å². The Morgan fingerprint density at radius 1 is 1.24 bits per heavy atom. The Morgan fingerprint density at radius 2 is 2.09 bits per heavy atom. The molecule has 0 bridgehead atoms. The van der Waals surface area contributed by atoms with Gasteiger partial charge in [-0.15, -0.1) is 11.3 Å². The molecule has 1 atom stereocenters. The minimum Gasteiger partial charge on any atom is -0.452 e. The number of thiophene rings is 1. The molecule has 0 fully saturated rings. The van der Waals surface area contributed by atoms with Gasteiger partial charge in [-0.1, -0.05) is 30.3 Å². The minimum absolute atomic E-state index is 0.267. The molecule has 0 spiro atoms. The van der Waals surface area contributed by atoms with E-state index in [-0.39, 0.29) is 5.56 Å². The number of carbonyl (C=O) groups excluding carboxylic acids is 2. The van der Waals surface area contributed by atoms with Crippen LogP contribution in [0.3, 0.4) is 0 Å². The zero-order valence-electron chi connectivity index (χ0n) is 17.5. The number of carbonyl (C=O) groups is 2. The molecule has 0 saturated carbocycles. The van der Waals surface area contributed by atoms with Crippen LogP contribution < -0.4 is 5.32 Å². The number of benzene rings is 2. The van der Waals surface area contributed by atoms with Gasteiger partial charge in [-0.2, -0.15) is 5.26 Å². The van der Waals surface area contributed by atoms with Crippen molar-refractivity contribution in [3.05, 3.63) is 82.1 Å². The number of amides is 1. The summed E-state index contributed by atoms with van der Waals surface area (Å²) in [4.78, 5) is 29.9. The molecular formula is C25H19N3O4S. The van der Waals surface area contributed by atoms with E-state index in [9.17, 15) is 14.9 Å². The Labute approximate surface area is 193 Å². The fourth-order valence-corrected chi connectivity index (χ4v) is 5.46. The van der Waals surface area contributed by atoms with Gasteiger partial charge in [0.1, 0.15) is 16.6 Å². The average molecular weight is 458 g/mol.